The zero-order valence-corrected chi connectivity index (χ0v) is 22.1. The molecule has 198 valence electrons. The van der Waals surface area contributed by atoms with Crippen LogP contribution >= 0.6 is 0 Å². The SMILES string of the molecule is CCOc1cc2[nH]c(=O)n(CC3CCC(C(=O)N[C@@H]4CCC[C@@H](C)[C@H]4C)CC3)c(=O)c2cc1OCC. The number of benzene rings is 1. The highest BCUT2D eigenvalue weighted by atomic mass is 16.5. The van der Waals surface area contributed by atoms with Gasteiger partial charge < -0.3 is 19.8 Å². The molecule has 1 aromatic carbocycles. The van der Waals surface area contributed by atoms with Crippen LogP contribution in [-0.4, -0.2) is 34.7 Å². The van der Waals surface area contributed by atoms with Crippen LogP contribution < -0.4 is 26.0 Å². The van der Waals surface area contributed by atoms with Crippen molar-refractivity contribution in [2.75, 3.05) is 13.2 Å². The van der Waals surface area contributed by atoms with E-state index < -0.39 is 5.69 Å². The number of H-pyrrole nitrogens is 1. The minimum Gasteiger partial charge on any atom is -0.490 e. The number of ether oxygens (including phenoxy) is 2. The number of nitrogens with zero attached hydrogens (tertiary/aromatic N) is 1. The Kier molecular flexibility index (Phi) is 8.42. The first-order valence-electron chi connectivity index (χ1n) is 13.7. The van der Waals surface area contributed by atoms with Crippen molar-refractivity contribution < 1.29 is 14.3 Å². The molecule has 0 radical (unpaired) electrons. The van der Waals surface area contributed by atoms with Crippen LogP contribution in [0.2, 0.25) is 0 Å². The van der Waals surface area contributed by atoms with Crippen molar-refractivity contribution in [3.8, 4) is 11.5 Å². The Morgan fingerprint density at radius 2 is 1.67 bits per heavy atom. The zero-order chi connectivity index (χ0) is 25.8. The fourth-order valence-corrected chi connectivity index (χ4v) is 5.91. The number of carbonyl (C=O) groups is 1. The summed E-state index contributed by atoms with van der Waals surface area (Å²) in [5.41, 5.74) is -0.294. The summed E-state index contributed by atoms with van der Waals surface area (Å²) >= 11 is 0. The van der Waals surface area contributed by atoms with Crippen LogP contribution in [0.1, 0.15) is 72.6 Å². The fourth-order valence-electron chi connectivity index (χ4n) is 5.91. The molecule has 2 aliphatic rings. The largest absolute Gasteiger partial charge is 0.490 e. The molecule has 2 saturated carbocycles. The molecule has 2 fully saturated rings. The van der Waals surface area contributed by atoms with Gasteiger partial charge in [0.05, 0.1) is 24.1 Å². The summed E-state index contributed by atoms with van der Waals surface area (Å²) in [4.78, 5) is 41.9. The Bertz CT molecular complexity index is 1180. The van der Waals surface area contributed by atoms with Crippen molar-refractivity contribution in [1.82, 2.24) is 14.9 Å². The quantitative estimate of drug-likeness (QED) is 0.566. The van der Waals surface area contributed by atoms with Crippen molar-refractivity contribution in [2.24, 2.45) is 23.7 Å². The zero-order valence-electron chi connectivity index (χ0n) is 22.1. The molecule has 3 atom stereocenters. The van der Waals surface area contributed by atoms with Gasteiger partial charge in [0.1, 0.15) is 0 Å². The lowest BCUT2D eigenvalue weighted by Crippen LogP contribution is -2.46. The van der Waals surface area contributed by atoms with Crippen LogP contribution in [0.25, 0.3) is 10.9 Å². The Hall–Kier alpha value is -2.77. The highest BCUT2D eigenvalue weighted by molar-refractivity contribution is 5.81. The minimum atomic E-state index is -0.417. The van der Waals surface area contributed by atoms with E-state index in [9.17, 15) is 14.4 Å². The van der Waals surface area contributed by atoms with E-state index >= 15 is 0 Å². The maximum Gasteiger partial charge on any atom is 0.328 e. The molecule has 0 spiro atoms. The lowest BCUT2D eigenvalue weighted by Gasteiger charge is -2.36. The second kappa shape index (κ2) is 11.5. The summed E-state index contributed by atoms with van der Waals surface area (Å²) in [7, 11) is 0. The van der Waals surface area contributed by atoms with Crippen LogP contribution in [0.5, 0.6) is 11.5 Å². The predicted molar refractivity (Wildman–Crippen MR) is 141 cm³/mol. The van der Waals surface area contributed by atoms with Crippen molar-refractivity contribution >= 4 is 16.8 Å². The van der Waals surface area contributed by atoms with Crippen molar-refractivity contribution in [1.29, 1.82) is 0 Å². The standard InChI is InChI=1S/C28H41N3O5/c1-5-35-24-14-21-23(15-25(24)36-6-2)30-28(34)31(27(21)33)16-19-10-12-20(13-11-19)26(32)29-22-9-7-8-17(3)18(22)4/h14-15,17-20,22H,5-13,16H2,1-4H3,(H,29,32)(H,30,34)/t17-,18-,19?,20?,22-/m1/s1. The smallest absolute Gasteiger partial charge is 0.328 e. The number of aromatic amines is 1. The van der Waals surface area contributed by atoms with Gasteiger partial charge in [0.25, 0.3) is 5.56 Å². The summed E-state index contributed by atoms with van der Waals surface area (Å²) in [6.45, 7) is 9.52. The third-order valence-corrected chi connectivity index (χ3v) is 8.34. The second-order valence-electron chi connectivity index (χ2n) is 10.7. The second-order valence-corrected chi connectivity index (χ2v) is 10.7. The normalized spacial score (nSPS) is 26.5. The van der Waals surface area contributed by atoms with E-state index in [1.54, 1.807) is 12.1 Å². The molecule has 2 aromatic rings. The number of rotatable bonds is 8. The molecule has 0 saturated heterocycles. The van der Waals surface area contributed by atoms with Crippen LogP contribution in [0, 0.1) is 23.7 Å². The molecule has 1 heterocycles. The van der Waals surface area contributed by atoms with E-state index in [1.165, 1.54) is 17.4 Å². The molecule has 2 aliphatic carbocycles. The lowest BCUT2D eigenvalue weighted by molar-refractivity contribution is -0.127. The van der Waals surface area contributed by atoms with Crippen molar-refractivity contribution in [3.05, 3.63) is 33.0 Å². The molecule has 0 aliphatic heterocycles. The first-order valence-corrected chi connectivity index (χ1v) is 13.7. The molecule has 36 heavy (non-hydrogen) atoms. The number of hydrogen-bond donors (Lipinski definition) is 2. The van der Waals surface area contributed by atoms with Gasteiger partial charge >= 0.3 is 5.69 Å². The van der Waals surface area contributed by atoms with Crippen LogP contribution in [0.4, 0.5) is 0 Å². The van der Waals surface area contributed by atoms with Crippen molar-refractivity contribution in [2.45, 2.75) is 85.2 Å². The van der Waals surface area contributed by atoms with Crippen molar-refractivity contribution in [3.63, 3.8) is 0 Å². The van der Waals surface area contributed by atoms with E-state index in [0.717, 1.165) is 32.1 Å². The first kappa shape index (κ1) is 26.3. The van der Waals surface area contributed by atoms with Gasteiger partial charge in [-0.3, -0.25) is 14.2 Å². The van der Waals surface area contributed by atoms with Gasteiger partial charge in [0.15, 0.2) is 11.5 Å². The molecule has 1 aromatic heterocycles. The summed E-state index contributed by atoms with van der Waals surface area (Å²) < 4.78 is 12.6. The Labute approximate surface area is 212 Å². The number of hydrogen-bond acceptors (Lipinski definition) is 5. The highest BCUT2D eigenvalue weighted by Crippen LogP contribution is 2.33. The third-order valence-electron chi connectivity index (χ3n) is 8.34. The molecule has 1 amide bonds. The summed E-state index contributed by atoms with van der Waals surface area (Å²) in [6, 6.07) is 3.60. The van der Waals surface area contributed by atoms with E-state index in [0.29, 0.717) is 54.0 Å². The topological polar surface area (TPSA) is 102 Å². The van der Waals surface area contributed by atoms with Crippen LogP contribution in [0.15, 0.2) is 21.7 Å². The van der Waals surface area contributed by atoms with E-state index in [4.69, 9.17) is 9.47 Å². The molecular formula is C28H41N3O5. The van der Waals surface area contributed by atoms with E-state index in [1.807, 2.05) is 13.8 Å². The van der Waals surface area contributed by atoms with Gasteiger partial charge in [-0.05, 0) is 69.8 Å². The number of fused-ring (bicyclic) bond motifs is 1. The van der Waals surface area contributed by atoms with Gasteiger partial charge in [-0.25, -0.2) is 4.79 Å². The average Bonchev–Trinajstić information content (AvgIpc) is 2.86. The maximum atomic E-state index is 13.3. The first-order chi connectivity index (χ1) is 17.3. The van der Waals surface area contributed by atoms with Crippen LogP contribution in [-0.2, 0) is 11.3 Å². The van der Waals surface area contributed by atoms with Gasteiger partial charge in [0.2, 0.25) is 5.91 Å². The molecule has 0 unspecified atom stereocenters. The lowest BCUT2D eigenvalue weighted by atomic mass is 9.77. The summed E-state index contributed by atoms with van der Waals surface area (Å²) in [5.74, 6) is 2.54. The predicted octanol–water partition coefficient (Wildman–Crippen LogP) is 4.23. The minimum absolute atomic E-state index is 0.0167. The highest BCUT2D eigenvalue weighted by Gasteiger charge is 2.32. The van der Waals surface area contributed by atoms with Gasteiger partial charge in [-0.15, -0.1) is 0 Å². The number of aromatic nitrogens is 2. The Morgan fingerprint density at radius 1 is 1.00 bits per heavy atom. The summed E-state index contributed by atoms with van der Waals surface area (Å²) in [6.07, 6.45) is 6.72. The number of amides is 1. The number of nitrogens with one attached hydrogen (secondary N) is 2. The van der Waals surface area contributed by atoms with Gasteiger partial charge in [-0.1, -0.05) is 26.7 Å². The summed E-state index contributed by atoms with van der Waals surface area (Å²) in [5, 5.41) is 3.74. The monoisotopic (exact) mass is 499 g/mol. The Morgan fingerprint density at radius 3 is 2.33 bits per heavy atom. The van der Waals surface area contributed by atoms with Gasteiger partial charge in [-0.2, -0.15) is 0 Å². The van der Waals surface area contributed by atoms with Crippen LogP contribution in [0.3, 0.4) is 0 Å². The fraction of sp³-hybridized carbons (Fsp3) is 0.679. The molecular weight excluding hydrogens is 458 g/mol. The average molecular weight is 500 g/mol. The Balaban J connectivity index is 1.43. The molecule has 0 bridgehead atoms. The molecule has 8 nitrogen and oxygen atoms in total. The van der Waals surface area contributed by atoms with Gasteiger partial charge in [0, 0.05) is 24.6 Å². The van der Waals surface area contributed by atoms with E-state index in [2.05, 4.69) is 24.1 Å². The number of carbonyl (C=O) groups excluding carboxylic acids is 1. The maximum absolute atomic E-state index is 13.3. The molecule has 8 heteroatoms. The molecule has 4 rings (SSSR count). The van der Waals surface area contributed by atoms with E-state index in [-0.39, 0.29) is 29.3 Å². The third kappa shape index (κ3) is 5.62. The molecule has 2 N–H and O–H groups in total.